The van der Waals surface area contributed by atoms with Crippen molar-refractivity contribution < 1.29 is 12.8 Å². The molecule has 5 nitrogen and oxygen atoms in total. The molecule has 0 saturated heterocycles. The van der Waals surface area contributed by atoms with E-state index in [0.29, 0.717) is 12.2 Å². The van der Waals surface area contributed by atoms with Crippen LogP contribution in [0.25, 0.3) is 0 Å². The molecule has 0 saturated carbocycles. The lowest BCUT2D eigenvalue weighted by atomic mass is 10.2. The van der Waals surface area contributed by atoms with E-state index in [1.54, 1.807) is 17.4 Å². The van der Waals surface area contributed by atoms with Gasteiger partial charge in [0.15, 0.2) is 0 Å². The maximum Gasteiger partial charge on any atom is 0.274 e. The Morgan fingerprint density at radius 2 is 2.21 bits per heavy atom. The van der Waals surface area contributed by atoms with Gasteiger partial charge in [0.2, 0.25) is 5.09 Å². The van der Waals surface area contributed by atoms with Crippen LogP contribution in [0.3, 0.4) is 0 Å². The van der Waals surface area contributed by atoms with Crippen LogP contribution >= 0.6 is 11.3 Å². The van der Waals surface area contributed by atoms with Crippen LogP contribution in [0.15, 0.2) is 39.2 Å². The molecule has 3 N–H and O–H groups in total. The van der Waals surface area contributed by atoms with E-state index in [1.807, 2.05) is 24.4 Å². The highest BCUT2D eigenvalue weighted by Crippen LogP contribution is 2.16. The summed E-state index contributed by atoms with van der Waals surface area (Å²) in [6.45, 7) is 2.00. The number of sulfonamides is 1. The summed E-state index contributed by atoms with van der Waals surface area (Å²) in [5.41, 5.74) is 5.39. The van der Waals surface area contributed by atoms with Crippen LogP contribution in [0.2, 0.25) is 0 Å². The number of hydrogen-bond acceptors (Lipinski definition) is 5. The minimum atomic E-state index is -3.62. The number of rotatable bonds is 6. The predicted molar refractivity (Wildman–Crippen MR) is 74.4 cm³/mol. The Morgan fingerprint density at radius 1 is 1.42 bits per heavy atom. The summed E-state index contributed by atoms with van der Waals surface area (Å²) >= 11 is 1.61. The zero-order valence-corrected chi connectivity index (χ0v) is 12.1. The molecule has 0 fully saturated rings. The van der Waals surface area contributed by atoms with Crippen LogP contribution in [0.1, 0.15) is 17.6 Å². The summed E-state index contributed by atoms with van der Waals surface area (Å²) in [6.07, 6.45) is 0.654. The van der Waals surface area contributed by atoms with Crippen LogP contribution in [-0.4, -0.2) is 14.5 Å². The van der Waals surface area contributed by atoms with Gasteiger partial charge < -0.3 is 10.2 Å². The Bertz CT molecular complexity index is 617. The zero-order valence-electron chi connectivity index (χ0n) is 10.5. The second kappa shape index (κ2) is 5.87. The van der Waals surface area contributed by atoms with Gasteiger partial charge in [0.25, 0.3) is 10.0 Å². The third-order valence-electron chi connectivity index (χ3n) is 2.55. The molecule has 1 unspecified atom stereocenters. The van der Waals surface area contributed by atoms with Crippen LogP contribution < -0.4 is 10.5 Å². The van der Waals surface area contributed by atoms with Gasteiger partial charge in [0.05, 0.1) is 6.54 Å². The second-order valence-electron chi connectivity index (χ2n) is 4.23. The Balaban J connectivity index is 2.04. The lowest BCUT2D eigenvalue weighted by Gasteiger charge is -2.11. The third kappa shape index (κ3) is 3.66. The summed E-state index contributed by atoms with van der Waals surface area (Å²) in [5, 5.41) is 1.88. The first-order chi connectivity index (χ1) is 9.01. The van der Waals surface area contributed by atoms with Crippen LogP contribution in [0.5, 0.6) is 0 Å². The van der Waals surface area contributed by atoms with Crippen LogP contribution in [-0.2, 0) is 23.0 Å². The van der Waals surface area contributed by atoms with E-state index in [9.17, 15) is 8.42 Å². The van der Waals surface area contributed by atoms with Gasteiger partial charge >= 0.3 is 0 Å². The standard InChI is InChI=1S/C12H16N2O3S2/c1-9(7-11-3-2-6-18-11)14-19(15,16)12-5-4-10(8-13)17-12/h2-6,9,14H,7-8,13H2,1H3. The first-order valence-corrected chi connectivity index (χ1v) is 8.21. The average molecular weight is 300 g/mol. The van der Waals surface area contributed by atoms with E-state index < -0.39 is 10.0 Å². The molecule has 2 aromatic rings. The van der Waals surface area contributed by atoms with Gasteiger partial charge in [-0.1, -0.05) is 6.07 Å². The molecule has 2 rings (SSSR count). The quantitative estimate of drug-likeness (QED) is 0.850. The van der Waals surface area contributed by atoms with Crippen molar-refractivity contribution in [2.75, 3.05) is 0 Å². The Hall–Kier alpha value is -1.15. The molecular weight excluding hydrogens is 284 g/mol. The average Bonchev–Trinajstić information content (AvgIpc) is 2.97. The monoisotopic (exact) mass is 300 g/mol. The molecule has 0 bridgehead atoms. The minimum Gasteiger partial charge on any atom is -0.447 e. The third-order valence-corrected chi connectivity index (χ3v) is 4.91. The molecule has 0 aliphatic heterocycles. The topological polar surface area (TPSA) is 85.3 Å². The molecule has 1 atom stereocenters. The van der Waals surface area contributed by atoms with Crippen molar-refractivity contribution in [2.45, 2.75) is 31.0 Å². The fourth-order valence-corrected chi connectivity index (χ4v) is 3.74. The molecular formula is C12H16N2O3S2. The van der Waals surface area contributed by atoms with Crippen molar-refractivity contribution in [1.29, 1.82) is 0 Å². The van der Waals surface area contributed by atoms with E-state index in [-0.39, 0.29) is 17.7 Å². The van der Waals surface area contributed by atoms with E-state index in [1.165, 1.54) is 6.07 Å². The first-order valence-electron chi connectivity index (χ1n) is 5.85. The number of thiophene rings is 1. The largest absolute Gasteiger partial charge is 0.447 e. The molecule has 0 amide bonds. The number of nitrogens with one attached hydrogen (secondary N) is 1. The first kappa shape index (κ1) is 14.3. The fraction of sp³-hybridized carbons (Fsp3) is 0.333. The van der Waals surface area contributed by atoms with Crippen molar-refractivity contribution in [2.24, 2.45) is 5.73 Å². The molecule has 2 aromatic heterocycles. The predicted octanol–water partition coefficient (Wildman–Crippen LogP) is 1.71. The van der Waals surface area contributed by atoms with Gasteiger partial charge in [0, 0.05) is 10.9 Å². The van der Waals surface area contributed by atoms with E-state index in [2.05, 4.69) is 4.72 Å². The van der Waals surface area contributed by atoms with Gasteiger partial charge in [-0.15, -0.1) is 11.3 Å². The molecule has 2 heterocycles. The molecule has 7 heteroatoms. The highest BCUT2D eigenvalue weighted by molar-refractivity contribution is 7.89. The van der Waals surface area contributed by atoms with Crippen LogP contribution in [0, 0.1) is 0 Å². The summed E-state index contributed by atoms with van der Waals surface area (Å²) in [4.78, 5) is 1.14. The highest BCUT2D eigenvalue weighted by atomic mass is 32.2. The summed E-state index contributed by atoms with van der Waals surface area (Å²) < 4.78 is 31.9. The molecule has 0 aliphatic carbocycles. The fourth-order valence-electron chi connectivity index (χ4n) is 1.71. The van der Waals surface area contributed by atoms with Gasteiger partial charge in [0.1, 0.15) is 5.76 Å². The molecule has 0 spiro atoms. The maximum absolute atomic E-state index is 12.1. The molecule has 19 heavy (non-hydrogen) atoms. The van der Waals surface area contributed by atoms with E-state index in [0.717, 1.165) is 4.88 Å². The highest BCUT2D eigenvalue weighted by Gasteiger charge is 2.21. The van der Waals surface area contributed by atoms with Gasteiger partial charge in [-0.25, -0.2) is 13.1 Å². The second-order valence-corrected chi connectivity index (χ2v) is 6.91. The van der Waals surface area contributed by atoms with Crippen molar-refractivity contribution in [3.8, 4) is 0 Å². The molecule has 0 aliphatic rings. The Morgan fingerprint density at radius 3 is 2.79 bits per heavy atom. The minimum absolute atomic E-state index is 0.0917. The van der Waals surface area contributed by atoms with Crippen molar-refractivity contribution >= 4 is 21.4 Å². The molecule has 0 aromatic carbocycles. The van der Waals surface area contributed by atoms with E-state index in [4.69, 9.17) is 10.2 Å². The summed E-state index contributed by atoms with van der Waals surface area (Å²) in [6, 6.07) is 6.71. The van der Waals surface area contributed by atoms with Crippen LogP contribution in [0.4, 0.5) is 0 Å². The number of hydrogen-bond donors (Lipinski definition) is 2. The number of furan rings is 1. The summed E-state index contributed by atoms with van der Waals surface area (Å²) in [5.74, 6) is 0.450. The van der Waals surface area contributed by atoms with Gasteiger partial charge in [-0.05, 0) is 36.9 Å². The van der Waals surface area contributed by atoms with E-state index >= 15 is 0 Å². The van der Waals surface area contributed by atoms with Gasteiger partial charge in [-0.3, -0.25) is 0 Å². The summed E-state index contributed by atoms with van der Waals surface area (Å²) in [7, 11) is -3.62. The normalized spacial score (nSPS) is 13.6. The smallest absolute Gasteiger partial charge is 0.274 e. The van der Waals surface area contributed by atoms with Crippen molar-refractivity contribution in [1.82, 2.24) is 4.72 Å². The lowest BCUT2D eigenvalue weighted by Crippen LogP contribution is -2.33. The van der Waals surface area contributed by atoms with Crippen molar-refractivity contribution in [3.63, 3.8) is 0 Å². The molecule has 0 radical (unpaired) electrons. The SMILES string of the molecule is CC(Cc1cccs1)NS(=O)(=O)c1ccc(CN)o1. The van der Waals surface area contributed by atoms with Gasteiger partial charge in [-0.2, -0.15) is 0 Å². The van der Waals surface area contributed by atoms with Crippen molar-refractivity contribution in [3.05, 3.63) is 40.3 Å². The number of nitrogens with two attached hydrogens (primary N) is 1. The Labute approximate surface area is 116 Å². The molecule has 104 valence electrons. The maximum atomic E-state index is 12.1. The Kier molecular flexibility index (Phi) is 4.41. The zero-order chi connectivity index (χ0) is 13.9. The lowest BCUT2D eigenvalue weighted by molar-refractivity contribution is 0.410.